The average molecular weight is 326 g/mol. The van der Waals surface area contributed by atoms with Gasteiger partial charge in [-0.2, -0.15) is 0 Å². The molecule has 1 heterocycles. The fourth-order valence-corrected chi connectivity index (χ4v) is 4.47. The molecule has 0 saturated heterocycles. The van der Waals surface area contributed by atoms with Gasteiger partial charge in [0, 0.05) is 12.1 Å². The molecule has 6 nitrogen and oxygen atoms in total. The lowest BCUT2D eigenvalue weighted by atomic mass is 10.2. The van der Waals surface area contributed by atoms with Crippen LogP contribution in [-0.2, 0) is 10.0 Å². The molecule has 0 aliphatic heterocycles. The molecule has 0 atom stereocenters. The van der Waals surface area contributed by atoms with Gasteiger partial charge in [-0.1, -0.05) is 25.7 Å². The highest BCUT2D eigenvalue weighted by Gasteiger charge is 2.27. The molecule has 0 spiro atoms. The van der Waals surface area contributed by atoms with Crippen molar-refractivity contribution in [2.75, 3.05) is 0 Å². The van der Waals surface area contributed by atoms with Crippen LogP contribution in [0.15, 0.2) is 21.6 Å². The lowest BCUT2D eigenvalue weighted by Gasteiger charge is -2.11. The van der Waals surface area contributed by atoms with Gasteiger partial charge in [0.2, 0.25) is 5.09 Å². The van der Waals surface area contributed by atoms with Crippen molar-refractivity contribution >= 4 is 15.9 Å². The van der Waals surface area contributed by atoms with Crippen LogP contribution in [0, 0.1) is 0 Å². The summed E-state index contributed by atoms with van der Waals surface area (Å²) in [5.74, 6) is -0.284. The van der Waals surface area contributed by atoms with Crippen LogP contribution in [0.4, 0.5) is 0 Å². The second-order valence-corrected chi connectivity index (χ2v) is 7.82. The fraction of sp³-hybridized carbons (Fsp3) is 0.667. The Balaban J connectivity index is 1.65. The lowest BCUT2D eigenvalue weighted by Crippen LogP contribution is -2.33. The van der Waals surface area contributed by atoms with Crippen LogP contribution in [0.1, 0.15) is 61.9 Å². The highest BCUT2D eigenvalue weighted by Crippen LogP contribution is 2.22. The molecule has 2 N–H and O–H groups in total. The Hall–Kier alpha value is -1.34. The van der Waals surface area contributed by atoms with Crippen LogP contribution in [-0.4, -0.2) is 26.4 Å². The fourth-order valence-electron chi connectivity index (χ4n) is 3.23. The maximum atomic E-state index is 12.2. The Morgan fingerprint density at radius 1 is 1.00 bits per heavy atom. The topological polar surface area (TPSA) is 88.4 Å². The first-order chi connectivity index (χ1) is 10.5. The van der Waals surface area contributed by atoms with Crippen molar-refractivity contribution in [1.29, 1.82) is 0 Å². The van der Waals surface area contributed by atoms with Crippen molar-refractivity contribution in [1.82, 2.24) is 10.0 Å². The number of rotatable bonds is 5. The summed E-state index contributed by atoms with van der Waals surface area (Å²) in [6.07, 6.45) is 7.98. The van der Waals surface area contributed by atoms with Crippen molar-refractivity contribution in [3.63, 3.8) is 0 Å². The zero-order chi connectivity index (χ0) is 15.6. The first-order valence-corrected chi connectivity index (χ1v) is 9.46. The average Bonchev–Trinajstić information content (AvgIpc) is 3.20. The molecule has 1 aromatic heterocycles. The monoisotopic (exact) mass is 326 g/mol. The quantitative estimate of drug-likeness (QED) is 0.868. The highest BCUT2D eigenvalue weighted by atomic mass is 32.2. The van der Waals surface area contributed by atoms with Crippen molar-refractivity contribution in [2.24, 2.45) is 0 Å². The van der Waals surface area contributed by atoms with E-state index in [0.29, 0.717) is 0 Å². The molecular weight excluding hydrogens is 304 g/mol. The Kier molecular flexibility index (Phi) is 4.54. The number of sulfonamides is 1. The predicted molar refractivity (Wildman–Crippen MR) is 81.0 cm³/mol. The predicted octanol–water partition coefficient (Wildman–Crippen LogP) is 2.17. The molecule has 0 aromatic carbocycles. The van der Waals surface area contributed by atoms with Crippen LogP contribution in [0.2, 0.25) is 0 Å². The maximum absolute atomic E-state index is 12.2. The summed E-state index contributed by atoms with van der Waals surface area (Å²) in [5, 5.41) is 2.70. The van der Waals surface area contributed by atoms with Gasteiger partial charge in [0.25, 0.3) is 15.9 Å². The number of furan rings is 1. The summed E-state index contributed by atoms with van der Waals surface area (Å²) in [5.41, 5.74) is 0. The molecule has 2 aliphatic carbocycles. The van der Waals surface area contributed by atoms with E-state index in [-0.39, 0.29) is 28.8 Å². The van der Waals surface area contributed by atoms with E-state index in [9.17, 15) is 13.2 Å². The van der Waals surface area contributed by atoms with E-state index in [4.69, 9.17) is 4.42 Å². The minimum Gasteiger partial charge on any atom is -0.438 e. The molecule has 7 heteroatoms. The third-order valence-corrected chi connectivity index (χ3v) is 5.83. The second kappa shape index (κ2) is 6.42. The van der Waals surface area contributed by atoms with Gasteiger partial charge in [-0.05, 0) is 37.8 Å². The standard InChI is InChI=1S/C15H22N2O4S/c18-15(16-11-5-1-2-6-11)13-9-10-14(21-13)22(19,20)17-12-7-3-4-8-12/h9-12,17H,1-8H2,(H,16,18). The van der Waals surface area contributed by atoms with Gasteiger partial charge in [-0.3, -0.25) is 4.79 Å². The smallest absolute Gasteiger partial charge is 0.287 e. The van der Waals surface area contributed by atoms with Crippen molar-refractivity contribution < 1.29 is 17.6 Å². The zero-order valence-corrected chi connectivity index (χ0v) is 13.3. The number of nitrogens with one attached hydrogen (secondary N) is 2. The van der Waals surface area contributed by atoms with E-state index in [1.54, 1.807) is 0 Å². The van der Waals surface area contributed by atoms with E-state index in [0.717, 1.165) is 51.4 Å². The number of hydrogen-bond acceptors (Lipinski definition) is 4. The second-order valence-electron chi connectivity index (χ2n) is 6.18. The van der Waals surface area contributed by atoms with Crippen LogP contribution < -0.4 is 10.0 Å². The first kappa shape index (κ1) is 15.6. The minimum atomic E-state index is -3.68. The number of amides is 1. The van der Waals surface area contributed by atoms with Crippen molar-refractivity contribution in [3.05, 3.63) is 17.9 Å². The lowest BCUT2D eigenvalue weighted by molar-refractivity contribution is 0.0904. The molecule has 2 fully saturated rings. The van der Waals surface area contributed by atoms with Crippen molar-refractivity contribution in [3.8, 4) is 0 Å². The number of hydrogen-bond donors (Lipinski definition) is 2. The van der Waals surface area contributed by atoms with Gasteiger partial charge in [0.15, 0.2) is 5.76 Å². The number of carbonyl (C=O) groups excluding carboxylic acids is 1. The summed E-state index contributed by atoms with van der Waals surface area (Å²) in [4.78, 5) is 12.1. The summed E-state index contributed by atoms with van der Waals surface area (Å²) in [7, 11) is -3.68. The third-order valence-electron chi connectivity index (χ3n) is 4.44. The molecule has 0 bridgehead atoms. The molecule has 2 aliphatic rings. The molecule has 22 heavy (non-hydrogen) atoms. The molecule has 2 saturated carbocycles. The molecule has 1 amide bonds. The summed E-state index contributed by atoms with van der Waals surface area (Å²) in [6.45, 7) is 0. The van der Waals surface area contributed by atoms with Crippen LogP contribution >= 0.6 is 0 Å². The van der Waals surface area contributed by atoms with Crippen LogP contribution in [0.3, 0.4) is 0 Å². The third kappa shape index (κ3) is 3.52. The Labute approximate surface area is 130 Å². The van der Waals surface area contributed by atoms with Gasteiger partial charge < -0.3 is 9.73 Å². The van der Waals surface area contributed by atoms with E-state index in [1.807, 2.05) is 0 Å². The molecule has 0 radical (unpaired) electrons. The number of carbonyl (C=O) groups is 1. The van der Waals surface area contributed by atoms with E-state index >= 15 is 0 Å². The van der Waals surface area contributed by atoms with Gasteiger partial charge in [0.1, 0.15) is 0 Å². The first-order valence-electron chi connectivity index (χ1n) is 7.97. The summed E-state index contributed by atoms with van der Waals surface area (Å²) in [6, 6.07) is 2.93. The van der Waals surface area contributed by atoms with Crippen molar-refractivity contribution in [2.45, 2.75) is 68.5 Å². The summed E-state index contributed by atoms with van der Waals surface area (Å²) < 4.78 is 32.4. The van der Waals surface area contributed by atoms with E-state index in [1.165, 1.54) is 12.1 Å². The van der Waals surface area contributed by atoms with Crippen LogP contribution in [0.25, 0.3) is 0 Å². The van der Waals surface area contributed by atoms with Gasteiger partial charge in [0.05, 0.1) is 0 Å². The van der Waals surface area contributed by atoms with Gasteiger partial charge in [-0.25, -0.2) is 13.1 Å². The maximum Gasteiger partial charge on any atom is 0.287 e. The molecule has 1 aromatic rings. The van der Waals surface area contributed by atoms with Gasteiger partial charge >= 0.3 is 0 Å². The molecule has 0 unspecified atom stereocenters. The van der Waals surface area contributed by atoms with Crippen LogP contribution in [0.5, 0.6) is 0 Å². The normalized spacial score (nSPS) is 20.5. The van der Waals surface area contributed by atoms with E-state index < -0.39 is 10.0 Å². The minimum absolute atomic E-state index is 0.0223. The van der Waals surface area contributed by atoms with E-state index in [2.05, 4.69) is 10.0 Å². The molecular formula is C15H22N2O4S. The largest absolute Gasteiger partial charge is 0.438 e. The van der Waals surface area contributed by atoms with Gasteiger partial charge in [-0.15, -0.1) is 0 Å². The summed E-state index contributed by atoms with van der Waals surface area (Å²) >= 11 is 0. The highest BCUT2D eigenvalue weighted by molar-refractivity contribution is 7.89. The zero-order valence-electron chi connectivity index (χ0n) is 12.5. The Morgan fingerprint density at radius 3 is 2.23 bits per heavy atom. The Morgan fingerprint density at radius 2 is 1.59 bits per heavy atom. The molecule has 3 rings (SSSR count). The molecule has 122 valence electrons. The SMILES string of the molecule is O=C(NC1CCCC1)c1ccc(S(=O)(=O)NC2CCCC2)o1. The Bertz CT molecular complexity index is 626.